The van der Waals surface area contributed by atoms with Gasteiger partial charge < -0.3 is 4.74 Å². The van der Waals surface area contributed by atoms with Crippen LogP contribution < -0.4 is 4.74 Å². The molecule has 0 fully saturated rings. The molecule has 0 saturated carbocycles. The number of hydrogen-bond donors (Lipinski definition) is 0. The van der Waals surface area contributed by atoms with E-state index in [2.05, 4.69) is 13.0 Å². The molecule has 1 heterocycles. The third kappa shape index (κ3) is 1.23. The lowest BCUT2D eigenvalue weighted by atomic mass is 10.0. The minimum absolute atomic E-state index is 0.143. The zero-order valence-electron chi connectivity index (χ0n) is 6.42. The van der Waals surface area contributed by atoms with Crippen LogP contribution in [0, 0.1) is 6.92 Å². The van der Waals surface area contributed by atoms with E-state index in [1.54, 1.807) is 0 Å². The Balaban J connectivity index is 2.34. The summed E-state index contributed by atoms with van der Waals surface area (Å²) in [7, 11) is 0. The number of para-hydroxylation sites is 1. The molecular weight excluding hydrogens is 136 g/mol. The van der Waals surface area contributed by atoms with Gasteiger partial charge in [0, 0.05) is 0 Å². The smallest absolute Gasteiger partial charge is 0.122 e. The van der Waals surface area contributed by atoms with Crippen LogP contribution in [0.1, 0.15) is 12.0 Å². The Kier molecular flexibility index (Phi) is 1.57. The van der Waals surface area contributed by atoms with Gasteiger partial charge in [-0.2, -0.15) is 0 Å². The van der Waals surface area contributed by atoms with Crippen LogP contribution >= 0.6 is 0 Å². The Morgan fingerprint density at radius 2 is 2.18 bits per heavy atom. The SMILES string of the molecule is [CH2]C1CCc2ccccc2O1. The zero-order chi connectivity index (χ0) is 7.68. The largest absolute Gasteiger partial charge is 0.490 e. The summed E-state index contributed by atoms with van der Waals surface area (Å²) in [5.41, 5.74) is 1.31. The number of hydrogen-bond acceptors (Lipinski definition) is 1. The van der Waals surface area contributed by atoms with Gasteiger partial charge in [0.05, 0.1) is 6.10 Å². The Morgan fingerprint density at radius 3 is 3.09 bits per heavy atom. The molecule has 0 saturated heterocycles. The Hall–Kier alpha value is -0.980. The van der Waals surface area contributed by atoms with E-state index in [0.29, 0.717) is 0 Å². The van der Waals surface area contributed by atoms with E-state index in [1.165, 1.54) is 5.56 Å². The summed E-state index contributed by atoms with van der Waals surface area (Å²) in [6, 6.07) is 8.16. The molecule has 11 heavy (non-hydrogen) atoms. The predicted molar refractivity (Wildman–Crippen MR) is 44.5 cm³/mol. The van der Waals surface area contributed by atoms with Crippen molar-refractivity contribution in [1.29, 1.82) is 0 Å². The molecule has 1 aromatic rings. The molecule has 1 aromatic carbocycles. The van der Waals surface area contributed by atoms with Crippen molar-refractivity contribution in [3.8, 4) is 5.75 Å². The van der Waals surface area contributed by atoms with Gasteiger partial charge in [-0.15, -0.1) is 0 Å². The summed E-state index contributed by atoms with van der Waals surface area (Å²) in [5, 5.41) is 0. The van der Waals surface area contributed by atoms with Gasteiger partial charge in [-0.05, 0) is 31.4 Å². The topological polar surface area (TPSA) is 9.23 Å². The number of fused-ring (bicyclic) bond motifs is 1. The summed E-state index contributed by atoms with van der Waals surface area (Å²) in [6.45, 7) is 3.87. The van der Waals surface area contributed by atoms with Crippen LogP contribution in [0.2, 0.25) is 0 Å². The fourth-order valence-corrected chi connectivity index (χ4v) is 1.38. The maximum absolute atomic E-state index is 5.52. The monoisotopic (exact) mass is 147 g/mol. The molecule has 1 unspecified atom stereocenters. The van der Waals surface area contributed by atoms with E-state index >= 15 is 0 Å². The lowest BCUT2D eigenvalue weighted by Gasteiger charge is -2.22. The fourth-order valence-electron chi connectivity index (χ4n) is 1.38. The molecule has 0 amide bonds. The molecule has 57 valence electrons. The van der Waals surface area contributed by atoms with Gasteiger partial charge in [0.2, 0.25) is 0 Å². The van der Waals surface area contributed by atoms with E-state index in [0.717, 1.165) is 18.6 Å². The first-order valence-electron chi connectivity index (χ1n) is 3.94. The molecule has 0 aromatic heterocycles. The number of ether oxygens (including phenoxy) is 1. The molecule has 1 nitrogen and oxygen atoms in total. The second-order valence-electron chi connectivity index (χ2n) is 2.89. The molecule has 1 aliphatic heterocycles. The number of aryl methyl sites for hydroxylation is 1. The van der Waals surface area contributed by atoms with Gasteiger partial charge in [0.25, 0.3) is 0 Å². The highest BCUT2D eigenvalue weighted by Gasteiger charge is 2.14. The van der Waals surface area contributed by atoms with Crippen LogP contribution in [0.15, 0.2) is 24.3 Å². The van der Waals surface area contributed by atoms with Crippen LogP contribution in [0.3, 0.4) is 0 Å². The average molecular weight is 147 g/mol. The summed E-state index contributed by atoms with van der Waals surface area (Å²) in [5.74, 6) is 1.01. The van der Waals surface area contributed by atoms with Crippen molar-refractivity contribution in [2.24, 2.45) is 0 Å². The van der Waals surface area contributed by atoms with Gasteiger partial charge in [-0.3, -0.25) is 0 Å². The molecule has 0 spiro atoms. The lowest BCUT2D eigenvalue weighted by molar-refractivity contribution is 0.216. The van der Waals surface area contributed by atoms with Gasteiger partial charge in [-0.1, -0.05) is 18.2 Å². The highest BCUT2D eigenvalue weighted by molar-refractivity contribution is 5.35. The van der Waals surface area contributed by atoms with Crippen molar-refractivity contribution in [1.82, 2.24) is 0 Å². The highest BCUT2D eigenvalue weighted by Crippen LogP contribution is 2.26. The fraction of sp³-hybridized carbons (Fsp3) is 0.300. The van der Waals surface area contributed by atoms with Crippen LogP contribution in [0.25, 0.3) is 0 Å². The first-order valence-corrected chi connectivity index (χ1v) is 3.94. The summed E-state index contributed by atoms with van der Waals surface area (Å²) in [4.78, 5) is 0. The maximum atomic E-state index is 5.52. The first-order chi connectivity index (χ1) is 5.36. The molecule has 0 N–H and O–H groups in total. The van der Waals surface area contributed by atoms with Crippen molar-refractivity contribution in [3.63, 3.8) is 0 Å². The molecule has 1 radical (unpaired) electrons. The highest BCUT2D eigenvalue weighted by atomic mass is 16.5. The quantitative estimate of drug-likeness (QED) is 0.546. The lowest BCUT2D eigenvalue weighted by Crippen LogP contribution is -2.18. The average Bonchev–Trinajstić information content (AvgIpc) is 2.04. The molecule has 2 rings (SSSR count). The van der Waals surface area contributed by atoms with E-state index in [1.807, 2.05) is 18.2 Å². The third-order valence-electron chi connectivity index (χ3n) is 2.00. The van der Waals surface area contributed by atoms with Crippen LogP contribution in [-0.2, 0) is 6.42 Å². The second-order valence-corrected chi connectivity index (χ2v) is 2.89. The van der Waals surface area contributed by atoms with Gasteiger partial charge in [-0.25, -0.2) is 0 Å². The molecular formula is C10H11O. The van der Waals surface area contributed by atoms with Crippen molar-refractivity contribution >= 4 is 0 Å². The normalized spacial score (nSPS) is 22.1. The molecule has 1 atom stereocenters. The van der Waals surface area contributed by atoms with E-state index < -0.39 is 0 Å². The summed E-state index contributed by atoms with van der Waals surface area (Å²) < 4.78 is 5.52. The van der Waals surface area contributed by atoms with Crippen molar-refractivity contribution in [2.75, 3.05) is 0 Å². The number of benzene rings is 1. The molecule has 0 bridgehead atoms. The molecule has 1 aliphatic rings. The summed E-state index contributed by atoms with van der Waals surface area (Å²) >= 11 is 0. The molecule has 0 aliphatic carbocycles. The predicted octanol–water partition coefficient (Wildman–Crippen LogP) is 2.21. The zero-order valence-corrected chi connectivity index (χ0v) is 6.42. The Labute approximate surface area is 67.0 Å². The Bertz CT molecular complexity index is 255. The Morgan fingerprint density at radius 1 is 1.36 bits per heavy atom. The molecule has 1 heteroatoms. The van der Waals surface area contributed by atoms with Crippen LogP contribution in [0.4, 0.5) is 0 Å². The minimum Gasteiger partial charge on any atom is -0.490 e. The first kappa shape index (κ1) is 6.71. The second kappa shape index (κ2) is 2.57. The van der Waals surface area contributed by atoms with Crippen molar-refractivity contribution in [2.45, 2.75) is 18.9 Å². The van der Waals surface area contributed by atoms with Gasteiger partial charge >= 0.3 is 0 Å². The van der Waals surface area contributed by atoms with Gasteiger partial charge in [0.15, 0.2) is 0 Å². The van der Waals surface area contributed by atoms with E-state index in [9.17, 15) is 0 Å². The van der Waals surface area contributed by atoms with Crippen molar-refractivity contribution < 1.29 is 4.74 Å². The number of rotatable bonds is 0. The van der Waals surface area contributed by atoms with Crippen LogP contribution in [0.5, 0.6) is 5.75 Å². The standard InChI is InChI=1S/C10H11O/c1-8-6-7-9-4-2-3-5-10(9)11-8/h2-5,8H,1,6-7H2. The van der Waals surface area contributed by atoms with Gasteiger partial charge in [0.1, 0.15) is 5.75 Å². The third-order valence-corrected chi connectivity index (χ3v) is 2.00. The van der Waals surface area contributed by atoms with E-state index in [-0.39, 0.29) is 6.10 Å². The maximum Gasteiger partial charge on any atom is 0.122 e. The van der Waals surface area contributed by atoms with Crippen LogP contribution in [-0.4, -0.2) is 6.10 Å². The summed E-state index contributed by atoms with van der Waals surface area (Å²) in [6.07, 6.45) is 2.28. The van der Waals surface area contributed by atoms with E-state index in [4.69, 9.17) is 4.74 Å². The minimum atomic E-state index is 0.143. The van der Waals surface area contributed by atoms with Crippen molar-refractivity contribution in [3.05, 3.63) is 36.8 Å².